The minimum atomic E-state index is -1.28. The van der Waals surface area contributed by atoms with Gasteiger partial charge in [0.1, 0.15) is 11.4 Å². The van der Waals surface area contributed by atoms with E-state index in [0.29, 0.717) is 5.92 Å². The summed E-state index contributed by atoms with van der Waals surface area (Å²) in [7, 11) is 0. The van der Waals surface area contributed by atoms with E-state index in [-0.39, 0.29) is 11.9 Å². The summed E-state index contributed by atoms with van der Waals surface area (Å²) in [6.07, 6.45) is 9.30. The third kappa shape index (κ3) is 5.17. The zero-order valence-corrected chi connectivity index (χ0v) is 18.7. The Balaban J connectivity index is 1.17. The molecule has 2 fully saturated rings. The van der Waals surface area contributed by atoms with Crippen LogP contribution in [-0.4, -0.2) is 53.8 Å². The van der Waals surface area contributed by atoms with Gasteiger partial charge in [-0.1, -0.05) is 12.1 Å². The molecule has 5 nitrogen and oxygen atoms in total. The molecule has 1 saturated carbocycles. The molecule has 2 aliphatic heterocycles. The number of carbonyl (C=O) groups is 1. The number of piperidine rings is 1. The van der Waals surface area contributed by atoms with Crippen LogP contribution >= 0.6 is 0 Å². The number of hydrogen-bond donors (Lipinski definition) is 2. The fourth-order valence-electron chi connectivity index (χ4n) is 5.42. The molecule has 30 heavy (non-hydrogen) atoms. The summed E-state index contributed by atoms with van der Waals surface area (Å²) in [5.41, 5.74) is 1.72. The minimum absolute atomic E-state index is 0.229. The number of nitrogens with zero attached hydrogens (tertiary/aromatic N) is 1. The van der Waals surface area contributed by atoms with Gasteiger partial charge in [-0.25, -0.2) is 0 Å². The first kappa shape index (κ1) is 21.6. The standard InChI is InChI=1S/C25H38N2O3/c1-25(2,29)24(28)26-20-8-6-18(7-9-20)10-14-27-15-11-19(12-16-27)21-4-3-5-23-22(21)13-17-30-23/h3-5,18-20,29H,6-17H2,1-2H3,(H,26,28)/t18-,20-. The molecule has 0 bridgehead atoms. The molecular formula is C25H38N2O3. The van der Waals surface area contributed by atoms with Gasteiger partial charge in [-0.05, 0) is 102 Å². The van der Waals surface area contributed by atoms with Gasteiger partial charge in [0.2, 0.25) is 0 Å². The van der Waals surface area contributed by atoms with Crippen LogP contribution in [0.25, 0.3) is 0 Å². The van der Waals surface area contributed by atoms with E-state index < -0.39 is 5.60 Å². The summed E-state index contributed by atoms with van der Waals surface area (Å²) in [6, 6.07) is 6.83. The summed E-state index contributed by atoms with van der Waals surface area (Å²) in [4.78, 5) is 14.6. The van der Waals surface area contributed by atoms with E-state index in [2.05, 4.69) is 28.4 Å². The van der Waals surface area contributed by atoms with E-state index in [1.165, 1.54) is 62.9 Å². The van der Waals surface area contributed by atoms with Crippen LogP contribution in [0.4, 0.5) is 0 Å². The first-order valence-corrected chi connectivity index (χ1v) is 11.9. The Labute approximate surface area is 181 Å². The molecule has 0 spiro atoms. The average Bonchev–Trinajstić information content (AvgIpc) is 3.22. The van der Waals surface area contributed by atoms with Gasteiger partial charge in [0.15, 0.2) is 0 Å². The number of fused-ring (bicyclic) bond motifs is 1. The van der Waals surface area contributed by atoms with Crippen LogP contribution in [0.1, 0.15) is 75.8 Å². The fraction of sp³-hybridized carbons (Fsp3) is 0.720. The second-order valence-corrected chi connectivity index (χ2v) is 10.1. The maximum absolute atomic E-state index is 12.0. The molecule has 0 radical (unpaired) electrons. The number of carbonyl (C=O) groups excluding carboxylic acids is 1. The van der Waals surface area contributed by atoms with Gasteiger partial charge < -0.3 is 20.1 Å². The SMILES string of the molecule is CC(C)(O)C(=O)N[C@H]1CC[C@H](CCN2CCC(c3cccc4c3CCO4)CC2)CC1. The Kier molecular flexibility index (Phi) is 6.69. The molecule has 3 aliphatic rings. The van der Waals surface area contributed by atoms with Crippen LogP contribution in [-0.2, 0) is 11.2 Å². The van der Waals surface area contributed by atoms with E-state index in [0.717, 1.165) is 37.5 Å². The van der Waals surface area contributed by atoms with Crippen molar-refractivity contribution in [3.63, 3.8) is 0 Å². The third-order valence-electron chi connectivity index (χ3n) is 7.40. The number of likely N-dealkylation sites (tertiary alicyclic amines) is 1. The smallest absolute Gasteiger partial charge is 0.251 e. The highest BCUT2D eigenvalue weighted by Crippen LogP contribution is 2.37. The average molecular weight is 415 g/mol. The molecule has 1 aliphatic carbocycles. The lowest BCUT2D eigenvalue weighted by atomic mass is 9.83. The van der Waals surface area contributed by atoms with Crippen LogP contribution in [0, 0.1) is 5.92 Å². The van der Waals surface area contributed by atoms with E-state index in [1.807, 2.05) is 0 Å². The zero-order valence-electron chi connectivity index (χ0n) is 18.7. The lowest BCUT2D eigenvalue weighted by Crippen LogP contribution is -2.47. The molecule has 1 aromatic carbocycles. The van der Waals surface area contributed by atoms with Gasteiger partial charge in [-0.15, -0.1) is 0 Å². The van der Waals surface area contributed by atoms with Crippen molar-refractivity contribution in [1.82, 2.24) is 10.2 Å². The molecule has 2 heterocycles. The monoisotopic (exact) mass is 414 g/mol. The van der Waals surface area contributed by atoms with Crippen molar-refractivity contribution in [3.8, 4) is 5.75 Å². The second kappa shape index (κ2) is 9.27. The van der Waals surface area contributed by atoms with Crippen LogP contribution in [0.2, 0.25) is 0 Å². The first-order chi connectivity index (χ1) is 14.4. The lowest BCUT2D eigenvalue weighted by Gasteiger charge is -2.35. The second-order valence-electron chi connectivity index (χ2n) is 10.1. The number of nitrogens with one attached hydrogen (secondary N) is 1. The summed E-state index contributed by atoms with van der Waals surface area (Å²) >= 11 is 0. The Hall–Kier alpha value is -1.59. The van der Waals surface area contributed by atoms with Crippen LogP contribution in [0.15, 0.2) is 18.2 Å². The van der Waals surface area contributed by atoms with Crippen LogP contribution in [0.5, 0.6) is 5.75 Å². The van der Waals surface area contributed by atoms with Crippen molar-refractivity contribution >= 4 is 5.91 Å². The van der Waals surface area contributed by atoms with Crippen LogP contribution in [0.3, 0.4) is 0 Å². The molecule has 1 aromatic rings. The number of aliphatic hydroxyl groups is 1. The molecule has 0 unspecified atom stereocenters. The van der Waals surface area contributed by atoms with Crippen molar-refractivity contribution in [2.45, 2.75) is 82.8 Å². The quantitative estimate of drug-likeness (QED) is 0.746. The minimum Gasteiger partial charge on any atom is -0.493 e. The normalized spacial score (nSPS) is 25.6. The number of benzene rings is 1. The van der Waals surface area contributed by atoms with Gasteiger partial charge in [-0.2, -0.15) is 0 Å². The van der Waals surface area contributed by atoms with Gasteiger partial charge in [0.05, 0.1) is 6.61 Å². The zero-order chi connectivity index (χ0) is 21.1. The highest BCUT2D eigenvalue weighted by atomic mass is 16.5. The van der Waals surface area contributed by atoms with Crippen LogP contribution < -0.4 is 10.1 Å². The molecule has 5 heteroatoms. The molecule has 0 atom stereocenters. The van der Waals surface area contributed by atoms with Gasteiger partial charge in [0.25, 0.3) is 5.91 Å². The largest absolute Gasteiger partial charge is 0.493 e. The molecule has 166 valence electrons. The molecule has 2 N–H and O–H groups in total. The Morgan fingerprint density at radius 1 is 1.17 bits per heavy atom. The van der Waals surface area contributed by atoms with E-state index in [9.17, 15) is 9.90 Å². The van der Waals surface area contributed by atoms with Gasteiger partial charge >= 0.3 is 0 Å². The molecule has 0 aromatic heterocycles. The summed E-state index contributed by atoms with van der Waals surface area (Å²) in [6.45, 7) is 7.55. The van der Waals surface area contributed by atoms with Gasteiger partial charge in [-0.3, -0.25) is 4.79 Å². The summed E-state index contributed by atoms with van der Waals surface area (Å²) in [5.74, 6) is 2.33. The highest BCUT2D eigenvalue weighted by Gasteiger charge is 2.29. The predicted molar refractivity (Wildman–Crippen MR) is 119 cm³/mol. The van der Waals surface area contributed by atoms with Crippen molar-refractivity contribution < 1.29 is 14.6 Å². The number of ether oxygens (including phenoxy) is 1. The molecule has 4 rings (SSSR count). The topological polar surface area (TPSA) is 61.8 Å². The van der Waals surface area contributed by atoms with Crippen molar-refractivity contribution in [2.24, 2.45) is 5.92 Å². The van der Waals surface area contributed by atoms with Crippen molar-refractivity contribution in [1.29, 1.82) is 0 Å². The van der Waals surface area contributed by atoms with Crippen molar-refractivity contribution in [2.75, 3.05) is 26.2 Å². The summed E-state index contributed by atoms with van der Waals surface area (Å²) < 4.78 is 5.76. The molecule has 1 saturated heterocycles. The number of amides is 1. The molecular weight excluding hydrogens is 376 g/mol. The Bertz CT molecular complexity index is 726. The first-order valence-electron chi connectivity index (χ1n) is 11.9. The Morgan fingerprint density at radius 2 is 1.90 bits per heavy atom. The number of hydrogen-bond acceptors (Lipinski definition) is 4. The third-order valence-corrected chi connectivity index (χ3v) is 7.40. The summed E-state index contributed by atoms with van der Waals surface area (Å²) in [5, 5.41) is 12.8. The van der Waals surface area contributed by atoms with Crippen molar-refractivity contribution in [3.05, 3.63) is 29.3 Å². The number of rotatable bonds is 6. The van der Waals surface area contributed by atoms with Gasteiger partial charge in [0, 0.05) is 18.0 Å². The fourth-order valence-corrected chi connectivity index (χ4v) is 5.42. The van der Waals surface area contributed by atoms with E-state index in [1.54, 1.807) is 13.8 Å². The maximum Gasteiger partial charge on any atom is 0.251 e. The Morgan fingerprint density at radius 3 is 2.60 bits per heavy atom. The highest BCUT2D eigenvalue weighted by molar-refractivity contribution is 5.84. The van der Waals surface area contributed by atoms with E-state index >= 15 is 0 Å². The lowest BCUT2D eigenvalue weighted by molar-refractivity contribution is -0.137. The van der Waals surface area contributed by atoms with E-state index in [4.69, 9.17) is 4.74 Å². The molecule has 1 amide bonds. The predicted octanol–water partition coefficient (Wildman–Crippen LogP) is 3.64. The maximum atomic E-state index is 12.0.